The molecule has 870 valence electrons. The lowest BCUT2D eigenvalue weighted by Crippen LogP contribution is -2.27. The first-order valence-corrected chi connectivity index (χ1v) is 64.5. The Morgan fingerprint density at radius 1 is 0.156 bits per heavy atom. The Labute approximate surface area is 867 Å². The molecule has 0 aliphatic carbocycles. The summed E-state index contributed by atoms with van der Waals surface area (Å²) in [6.45, 7) is 28.1. The third-order valence-corrected chi connectivity index (χ3v) is 34.6. The van der Waals surface area contributed by atoms with Crippen LogP contribution in [0.25, 0.3) is 0 Å². The van der Waals surface area contributed by atoms with Crippen LogP contribution in [0.2, 0.25) is 0 Å². The van der Waals surface area contributed by atoms with Crippen LogP contribution in [-0.4, -0.2) is 355 Å². The molecule has 0 saturated carbocycles. The van der Waals surface area contributed by atoms with Crippen LogP contribution in [0.1, 0.15) is 261 Å². The molecule has 0 aliphatic rings. The lowest BCUT2D eigenvalue weighted by Gasteiger charge is -2.12. The van der Waals surface area contributed by atoms with Crippen LogP contribution in [0.5, 0.6) is 0 Å². The highest BCUT2D eigenvalue weighted by Gasteiger charge is 2.32. The fourth-order valence-corrected chi connectivity index (χ4v) is 24.0. The van der Waals surface area contributed by atoms with Gasteiger partial charge < -0.3 is 28.4 Å². The quantitative estimate of drug-likeness (QED) is 0.0364. The third kappa shape index (κ3) is 84.9. The van der Waals surface area contributed by atoms with Gasteiger partial charge in [-0.25, -0.2) is 28.8 Å². The molecule has 0 saturated heterocycles. The number of methoxy groups -OCH3 is 3. The number of esters is 6. The number of carbonyl (C=O) groups is 12. The average molecular weight is 2370 g/mol. The van der Waals surface area contributed by atoms with E-state index in [9.17, 15) is 159 Å². The first kappa shape index (κ1) is 151. The van der Waals surface area contributed by atoms with E-state index in [2.05, 4.69) is 61.9 Å². The molecular weight excluding hydrogens is 2220 g/mol. The molecular formula is C81H150O54S12. The molecule has 147 heavy (non-hydrogen) atoms. The van der Waals surface area contributed by atoms with Crippen LogP contribution in [0, 0.1) is 0 Å². The van der Waals surface area contributed by atoms with Crippen LogP contribution in [-0.2, 0) is 258 Å². The topological polar surface area (TPSA) is 781 Å². The first-order chi connectivity index (χ1) is 66.9. The standard InChI is InChI=1S/C15H28O9S2.2C14H26O9S2.2C13H24O9S2.C12H22O9S2/c1-5-22-15(17)14(4)24-26(20,21)11-9-7-6-8-10-25(18,19)23-13(3)12(2)16;1-11(15)12(2)22-24(17,18)9-7-5-6-8-10-25(19,20)23-13(3)14(16)21-4;1-5-21-14(16)13(4)23-25(19,20)10-8-6-7-9-24(17,18)22-12(3)11(2)15;1-10(14)11(2)21-23(16,17)8-6-5-7-9-24(18,19)22-12(3)13(15)20-4;1-5-20-13(15)12(4)22-24(18,19)9-7-6-8-23(16,17)21-11(3)10(2)14;1-9(13)10(2)20-22(15,16)7-5-6-8-23(17,18)21-11(3)12(14)19-4/h13-14H,5-11H2,1-4H3;2*12-13H,5-10H2,1-4H3;2*11-12H,5-9H2,1-4H3;10-11H,5-8H2,1-4H3. The van der Waals surface area contributed by atoms with Gasteiger partial charge in [0.15, 0.2) is 71.3 Å². The second-order valence-electron chi connectivity index (χ2n) is 31.9. The van der Waals surface area contributed by atoms with E-state index in [-0.39, 0.29) is 154 Å². The molecule has 0 aromatic heterocycles. The minimum absolute atomic E-state index is 0.00214. The summed E-state index contributed by atoms with van der Waals surface area (Å²) in [4.78, 5) is 133. The van der Waals surface area contributed by atoms with E-state index < -0.39 is 277 Å². The number of ketones is 6. The predicted octanol–water partition coefficient (Wildman–Crippen LogP) is 3.50. The van der Waals surface area contributed by atoms with Crippen molar-refractivity contribution in [2.24, 2.45) is 0 Å². The molecule has 0 amide bonds. The lowest BCUT2D eigenvalue weighted by molar-refractivity contribution is -0.151. The zero-order valence-corrected chi connectivity index (χ0v) is 97.0. The second-order valence-corrected chi connectivity index (χ2v) is 52.4. The molecule has 54 nitrogen and oxygen atoms in total. The number of carbonyl (C=O) groups excluding carboxylic acids is 12. The van der Waals surface area contributed by atoms with Crippen LogP contribution < -0.4 is 0 Å². The summed E-state index contributed by atoms with van der Waals surface area (Å²) in [7, 11) is -43.3. The summed E-state index contributed by atoms with van der Waals surface area (Å²) < 4.78 is 362. The van der Waals surface area contributed by atoms with Crippen molar-refractivity contribution in [1.82, 2.24) is 0 Å². The molecule has 0 radical (unpaired) electrons. The van der Waals surface area contributed by atoms with Crippen molar-refractivity contribution in [1.29, 1.82) is 0 Å². The van der Waals surface area contributed by atoms with Gasteiger partial charge in [0, 0.05) is 0 Å². The normalized spacial score (nSPS) is 14.8. The highest BCUT2D eigenvalue weighted by molar-refractivity contribution is 7.89. The van der Waals surface area contributed by atoms with Crippen LogP contribution in [0.15, 0.2) is 0 Å². The minimum Gasteiger partial charge on any atom is -0.467 e. The van der Waals surface area contributed by atoms with Crippen molar-refractivity contribution >= 4 is 192 Å². The maximum Gasteiger partial charge on any atom is 0.336 e. The summed E-state index contributed by atoms with van der Waals surface area (Å²) in [6.07, 6.45) is -9.42. The van der Waals surface area contributed by atoms with Gasteiger partial charge >= 0.3 is 35.8 Å². The Kier molecular flexibility index (Phi) is 77.8. The lowest BCUT2D eigenvalue weighted by atomic mass is 10.2. The molecule has 0 N–H and O–H groups in total. The van der Waals surface area contributed by atoms with Crippen LogP contribution in [0.3, 0.4) is 0 Å². The molecule has 12 atom stereocenters. The van der Waals surface area contributed by atoms with Gasteiger partial charge in [0.05, 0.1) is 110 Å². The van der Waals surface area contributed by atoms with E-state index in [0.29, 0.717) is 38.5 Å². The smallest absolute Gasteiger partial charge is 0.336 e. The molecule has 0 aliphatic heterocycles. The molecule has 0 spiro atoms. The summed E-state index contributed by atoms with van der Waals surface area (Å²) >= 11 is 0. The van der Waals surface area contributed by atoms with Gasteiger partial charge in [-0.2, -0.15) is 101 Å². The summed E-state index contributed by atoms with van der Waals surface area (Å²) in [5.41, 5.74) is 0. The average Bonchev–Trinajstić information content (AvgIpc) is 0.885. The van der Waals surface area contributed by atoms with E-state index in [4.69, 9.17) is 16.7 Å². The van der Waals surface area contributed by atoms with Gasteiger partial charge in [0.25, 0.3) is 121 Å². The van der Waals surface area contributed by atoms with Crippen molar-refractivity contribution in [3.05, 3.63) is 0 Å². The largest absolute Gasteiger partial charge is 0.467 e. The molecule has 0 fully saturated rings. The van der Waals surface area contributed by atoms with E-state index >= 15 is 0 Å². The Morgan fingerprint density at radius 2 is 0.245 bits per heavy atom. The summed E-state index contributed by atoms with van der Waals surface area (Å²) in [5.74, 6) is -11.3. The van der Waals surface area contributed by atoms with Gasteiger partial charge in [0.1, 0.15) is 36.6 Å². The highest BCUT2D eigenvalue weighted by atomic mass is 32.3. The molecule has 0 bridgehead atoms. The minimum atomic E-state index is -3.99. The number of hydrogen-bond donors (Lipinski definition) is 0. The second kappa shape index (κ2) is 75.5. The highest BCUT2D eigenvalue weighted by Crippen LogP contribution is 2.19. The number of hydrogen-bond acceptors (Lipinski definition) is 54. The number of Topliss-reactive ketones (excluding diaryl/α,β-unsaturated/α-hetero) is 6. The van der Waals surface area contributed by atoms with Crippen LogP contribution in [0.4, 0.5) is 0 Å². The molecule has 0 aromatic rings. The number of unbranched alkanes of at least 4 members (excludes halogenated alkanes) is 12. The van der Waals surface area contributed by atoms with Gasteiger partial charge in [-0.3, -0.25) is 79.0 Å². The third-order valence-electron chi connectivity index (χ3n) is 18.1. The molecule has 0 heterocycles. The van der Waals surface area contributed by atoms with E-state index in [1.54, 1.807) is 20.8 Å². The van der Waals surface area contributed by atoms with E-state index in [1.807, 2.05) is 0 Å². The monoisotopic (exact) mass is 2370 g/mol. The fraction of sp³-hybridized carbons (Fsp3) is 0.852. The van der Waals surface area contributed by atoms with Crippen molar-refractivity contribution in [2.75, 3.05) is 110 Å². The number of ether oxygens (including phenoxy) is 6. The summed E-state index contributed by atoms with van der Waals surface area (Å²) in [6, 6.07) is 0. The molecule has 0 rings (SSSR count). The Balaban J connectivity index is -0.000000406. The fourth-order valence-electron chi connectivity index (χ4n) is 9.54. The van der Waals surface area contributed by atoms with Crippen molar-refractivity contribution < 1.29 is 237 Å². The van der Waals surface area contributed by atoms with Gasteiger partial charge in [-0.05, 0) is 222 Å². The van der Waals surface area contributed by atoms with E-state index in [0.717, 1.165) is 21.3 Å². The predicted molar refractivity (Wildman–Crippen MR) is 525 cm³/mol. The Morgan fingerprint density at radius 3 is 0.340 bits per heavy atom. The summed E-state index contributed by atoms with van der Waals surface area (Å²) in [5, 5.41) is 0. The Bertz CT molecular complexity index is 5530. The van der Waals surface area contributed by atoms with Gasteiger partial charge in [0.2, 0.25) is 0 Å². The maximum atomic E-state index is 11.7. The van der Waals surface area contributed by atoms with Gasteiger partial charge in [-0.1, -0.05) is 38.5 Å². The Hall–Kier alpha value is -6.24. The zero-order chi connectivity index (χ0) is 116. The zero-order valence-electron chi connectivity index (χ0n) is 87.2. The van der Waals surface area contributed by atoms with Crippen molar-refractivity contribution in [3.63, 3.8) is 0 Å². The molecule has 0 aromatic carbocycles. The molecule has 12 unspecified atom stereocenters. The first-order valence-electron chi connectivity index (χ1n) is 45.6. The number of rotatable bonds is 75. The van der Waals surface area contributed by atoms with E-state index in [1.165, 1.54) is 125 Å². The van der Waals surface area contributed by atoms with Crippen molar-refractivity contribution in [3.8, 4) is 0 Å². The maximum absolute atomic E-state index is 11.7. The van der Waals surface area contributed by atoms with Crippen LogP contribution >= 0.6 is 0 Å². The SMILES string of the molecule is CCOC(=O)C(C)OS(=O)(=O)CCCCCCS(=O)(=O)OC(C)C(C)=O.CCOC(=O)C(C)OS(=O)(=O)CCCCCS(=O)(=O)OC(C)C(C)=O.CCOC(=O)C(C)OS(=O)(=O)CCCCS(=O)(=O)OC(C)C(C)=O.COC(=O)C(C)OS(=O)(=O)CCCCCCS(=O)(=O)OC(C)C(C)=O.COC(=O)C(C)OS(=O)(=O)CCCCCS(=O)(=O)OC(C)C(C)=O.COC(=O)C(C)OS(=O)(=O)CCCCS(=O)(=O)OC(C)C(C)=O. The van der Waals surface area contributed by atoms with Crippen molar-refractivity contribution in [2.45, 2.75) is 334 Å². The van der Waals surface area contributed by atoms with Gasteiger partial charge in [-0.15, -0.1) is 0 Å². The molecule has 66 heteroatoms.